The lowest BCUT2D eigenvalue weighted by Crippen LogP contribution is -2.27. The summed E-state index contributed by atoms with van der Waals surface area (Å²) >= 11 is 3.64. The predicted molar refractivity (Wildman–Crippen MR) is 90.2 cm³/mol. The summed E-state index contributed by atoms with van der Waals surface area (Å²) in [7, 11) is 0. The van der Waals surface area contributed by atoms with Gasteiger partial charge in [0.15, 0.2) is 0 Å². The van der Waals surface area contributed by atoms with Crippen LogP contribution in [0.2, 0.25) is 0 Å². The van der Waals surface area contributed by atoms with Gasteiger partial charge in [-0.25, -0.2) is 4.79 Å². The monoisotopic (exact) mass is 359 g/mol. The lowest BCUT2D eigenvalue weighted by molar-refractivity contribution is 0.0696. The lowest BCUT2D eigenvalue weighted by Gasteiger charge is -2.18. The number of carboxylic acids is 1. The van der Waals surface area contributed by atoms with Gasteiger partial charge in [0.05, 0.1) is 5.56 Å². The van der Waals surface area contributed by atoms with Gasteiger partial charge in [-0.1, -0.05) is 46.3 Å². The molecule has 0 amide bonds. The molecule has 0 heterocycles. The average Bonchev–Trinajstić information content (AvgIpc) is 3.29. The van der Waals surface area contributed by atoms with Gasteiger partial charge in [0.1, 0.15) is 0 Å². The van der Waals surface area contributed by atoms with Gasteiger partial charge in [-0.15, -0.1) is 0 Å². The number of nitrogens with one attached hydrogen (secondary N) is 1. The van der Waals surface area contributed by atoms with Crippen LogP contribution in [0.5, 0.6) is 0 Å². The number of rotatable bonds is 6. The molecule has 2 aromatic rings. The highest BCUT2D eigenvalue weighted by Gasteiger charge is 2.44. The van der Waals surface area contributed by atoms with E-state index in [1.54, 1.807) is 18.2 Å². The summed E-state index contributed by atoms with van der Waals surface area (Å²) < 4.78 is 1.17. The Kier molecular flexibility index (Phi) is 4.32. The van der Waals surface area contributed by atoms with Crippen LogP contribution in [-0.4, -0.2) is 17.6 Å². The van der Waals surface area contributed by atoms with Gasteiger partial charge in [0.25, 0.3) is 0 Å². The zero-order valence-corrected chi connectivity index (χ0v) is 13.8. The second-order valence-electron chi connectivity index (χ2n) is 5.87. The van der Waals surface area contributed by atoms with E-state index in [1.807, 2.05) is 12.1 Å². The van der Waals surface area contributed by atoms with Crippen LogP contribution >= 0.6 is 15.9 Å². The van der Waals surface area contributed by atoms with Crippen molar-refractivity contribution in [1.29, 1.82) is 0 Å². The molecule has 0 aromatic heterocycles. The standard InChI is InChI=1S/C18H18BrNO2/c19-16-7-2-1-6-15(16)18(8-9-18)12-20-11-13-4-3-5-14(10-13)17(21)22/h1-7,10,20H,8-9,11-12H2,(H,21,22). The van der Waals surface area contributed by atoms with E-state index in [2.05, 4.69) is 39.4 Å². The third-order valence-corrected chi connectivity index (χ3v) is 4.96. The first-order valence-corrected chi connectivity index (χ1v) is 8.18. The normalized spacial score (nSPS) is 15.5. The Labute approximate surface area is 138 Å². The van der Waals surface area contributed by atoms with Gasteiger partial charge in [-0.3, -0.25) is 0 Å². The molecule has 0 unspecified atom stereocenters. The number of benzene rings is 2. The van der Waals surface area contributed by atoms with Crippen LogP contribution in [0.4, 0.5) is 0 Å². The molecule has 22 heavy (non-hydrogen) atoms. The van der Waals surface area contributed by atoms with Crippen molar-refractivity contribution in [2.24, 2.45) is 0 Å². The van der Waals surface area contributed by atoms with E-state index in [4.69, 9.17) is 5.11 Å². The van der Waals surface area contributed by atoms with E-state index in [9.17, 15) is 4.79 Å². The van der Waals surface area contributed by atoms with E-state index < -0.39 is 5.97 Å². The second-order valence-corrected chi connectivity index (χ2v) is 6.72. The maximum Gasteiger partial charge on any atom is 0.335 e. The first-order valence-electron chi connectivity index (χ1n) is 7.39. The van der Waals surface area contributed by atoms with E-state index in [-0.39, 0.29) is 5.41 Å². The van der Waals surface area contributed by atoms with Crippen molar-refractivity contribution in [3.63, 3.8) is 0 Å². The molecule has 0 atom stereocenters. The molecular weight excluding hydrogens is 342 g/mol. The fraction of sp³-hybridized carbons (Fsp3) is 0.278. The highest BCUT2D eigenvalue weighted by atomic mass is 79.9. The van der Waals surface area contributed by atoms with Gasteiger partial charge in [0, 0.05) is 23.0 Å². The molecular formula is C18H18BrNO2. The van der Waals surface area contributed by atoms with Crippen molar-refractivity contribution >= 4 is 21.9 Å². The molecule has 1 fully saturated rings. The highest BCUT2D eigenvalue weighted by molar-refractivity contribution is 9.10. The van der Waals surface area contributed by atoms with Crippen LogP contribution in [0, 0.1) is 0 Å². The lowest BCUT2D eigenvalue weighted by atomic mass is 9.96. The molecule has 0 aliphatic heterocycles. The van der Waals surface area contributed by atoms with Crippen LogP contribution in [0.15, 0.2) is 53.0 Å². The van der Waals surface area contributed by atoms with Crippen molar-refractivity contribution in [3.8, 4) is 0 Å². The molecule has 2 aromatic carbocycles. The first kappa shape index (κ1) is 15.3. The molecule has 3 rings (SSSR count). The fourth-order valence-corrected chi connectivity index (χ4v) is 3.55. The van der Waals surface area contributed by atoms with Crippen molar-refractivity contribution in [3.05, 3.63) is 69.7 Å². The molecule has 114 valence electrons. The summed E-state index contributed by atoms with van der Waals surface area (Å²) in [6.45, 7) is 1.60. The zero-order chi connectivity index (χ0) is 15.6. The molecule has 0 saturated heterocycles. The highest BCUT2D eigenvalue weighted by Crippen LogP contribution is 2.49. The summed E-state index contributed by atoms with van der Waals surface area (Å²) in [5, 5.41) is 12.5. The van der Waals surface area contributed by atoms with E-state index in [0.717, 1.165) is 12.1 Å². The minimum Gasteiger partial charge on any atom is -0.478 e. The second kappa shape index (κ2) is 6.23. The third kappa shape index (κ3) is 3.23. The predicted octanol–water partition coefficient (Wildman–Crippen LogP) is 3.97. The topological polar surface area (TPSA) is 49.3 Å². The summed E-state index contributed by atoms with van der Waals surface area (Å²) in [6, 6.07) is 15.5. The molecule has 0 spiro atoms. The molecule has 1 saturated carbocycles. The molecule has 1 aliphatic carbocycles. The van der Waals surface area contributed by atoms with Gasteiger partial charge >= 0.3 is 5.97 Å². The molecule has 0 radical (unpaired) electrons. The number of carboxylic acid groups (broad SMARTS) is 1. The Morgan fingerprint density at radius 2 is 1.95 bits per heavy atom. The average molecular weight is 360 g/mol. The zero-order valence-electron chi connectivity index (χ0n) is 12.2. The van der Waals surface area contributed by atoms with E-state index in [0.29, 0.717) is 12.1 Å². The summed E-state index contributed by atoms with van der Waals surface area (Å²) in [5.41, 5.74) is 2.93. The number of carbonyl (C=O) groups is 1. The first-order chi connectivity index (χ1) is 10.6. The van der Waals surface area contributed by atoms with Crippen molar-refractivity contribution < 1.29 is 9.90 Å². The Morgan fingerprint density at radius 1 is 1.18 bits per heavy atom. The Bertz CT molecular complexity index is 695. The van der Waals surface area contributed by atoms with Gasteiger partial charge in [-0.2, -0.15) is 0 Å². The minimum atomic E-state index is -0.881. The third-order valence-electron chi connectivity index (χ3n) is 4.27. The van der Waals surface area contributed by atoms with Gasteiger partial charge < -0.3 is 10.4 Å². The molecule has 4 heteroatoms. The Balaban J connectivity index is 1.63. The smallest absolute Gasteiger partial charge is 0.335 e. The largest absolute Gasteiger partial charge is 0.478 e. The van der Waals surface area contributed by atoms with Crippen molar-refractivity contribution in [2.45, 2.75) is 24.8 Å². The number of hydrogen-bond acceptors (Lipinski definition) is 2. The maximum absolute atomic E-state index is 11.0. The Morgan fingerprint density at radius 3 is 2.64 bits per heavy atom. The summed E-state index contributed by atoms with van der Waals surface area (Å²) in [4.78, 5) is 11.0. The summed E-state index contributed by atoms with van der Waals surface area (Å²) in [6.07, 6.45) is 2.38. The molecule has 1 aliphatic rings. The van der Waals surface area contributed by atoms with Crippen LogP contribution in [-0.2, 0) is 12.0 Å². The van der Waals surface area contributed by atoms with Crippen molar-refractivity contribution in [1.82, 2.24) is 5.32 Å². The van der Waals surface area contributed by atoms with Gasteiger partial charge in [-0.05, 0) is 42.2 Å². The quantitative estimate of drug-likeness (QED) is 0.820. The van der Waals surface area contributed by atoms with Crippen molar-refractivity contribution in [2.75, 3.05) is 6.54 Å². The van der Waals surface area contributed by atoms with Crippen LogP contribution in [0.1, 0.15) is 34.3 Å². The Hall–Kier alpha value is -1.65. The van der Waals surface area contributed by atoms with Crippen LogP contribution in [0.3, 0.4) is 0 Å². The van der Waals surface area contributed by atoms with E-state index >= 15 is 0 Å². The summed E-state index contributed by atoms with van der Waals surface area (Å²) in [5.74, 6) is -0.881. The molecule has 0 bridgehead atoms. The number of aromatic carboxylic acids is 1. The van der Waals surface area contributed by atoms with Crippen LogP contribution in [0.25, 0.3) is 0 Å². The minimum absolute atomic E-state index is 0.227. The number of hydrogen-bond donors (Lipinski definition) is 2. The van der Waals surface area contributed by atoms with Gasteiger partial charge in [0.2, 0.25) is 0 Å². The number of halogens is 1. The molecule has 2 N–H and O–H groups in total. The van der Waals surface area contributed by atoms with E-state index in [1.165, 1.54) is 22.9 Å². The SMILES string of the molecule is O=C(O)c1cccc(CNCC2(c3ccccc3Br)CC2)c1. The maximum atomic E-state index is 11.0. The van der Waals surface area contributed by atoms with Crippen LogP contribution < -0.4 is 5.32 Å². The fourth-order valence-electron chi connectivity index (χ4n) is 2.84. The molecule has 3 nitrogen and oxygen atoms in total.